The smallest absolute Gasteiger partial charge is 0.478 e. The molecule has 0 aliphatic carbocycles. The van der Waals surface area contributed by atoms with Gasteiger partial charge in [0.25, 0.3) is 0 Å². The predicted molar refractivity (Wildman–Crippen MR) is 47.7 cm³/mol. The van der Waals surface area contributed by atoms with Crippen LogP contribution >= 0.6 is 0 Å². The molecule has 0 aromatic carbocycles. The third-order valence-corrected chi connectivity index (χ3v) is 1.08. The van der Waals surface area contributed by atoms with Gasteiger partial charge in [0.1, 0.15) is 0 Å². The molecule has 5 nitrogen and oxygen atoms in total. The molecule has 0 aromatic heterocycles. The summed E-state index contributed by atoms with van der Waals surface area (Å²) >= 11 is 0. The van der Waals surface area contributed by atoms with Crippen LogP contribution in [0.15, 0.2) is 11.6 Å². The van der Waals surface area contributed by atoms with Crippen molar-refractivity contribution in [1.82, 2.24) is 0 Å². The first-order chi connectivity index (χ1) is 5.91. The van der Waals surface area contributed by atoms with Gasteiger partial charge in [0.15, 0.2) is 0 Å². The Bertz CT molecular complexity index is 238. The Morgan fingerprint density at radius 3 is 2.00 bits per heavy atom. The minimum Gasteiger partial charge on any atom is -0.478 e. The zero-order chi connectivity index (χ0) is 10.9. The molecule has 0 heterocycles. The zero-order valence-corrected chi connectivity index (χ0v) is 12.5. The number of unbranched alkanes of at least 4 members (excludes halogenated alkanes) is 1. The maximum Gasteiger partial charge on any atom is 1.00 e. The molecule has 0 aliphatic heterocycles. The number of hydrogen-bond acceptors (Lipinski definition) is 4. The normalized spacial score (nSPS) is 9.86. The Morgan fingerprint density at radius 2 is 1.79 bits per heavy atom. The van der Waals surface area contributed by atoms with Crippen molar-refractivity contribution in [2.24, 2.45) is 0 Å². The molecule has 0 unspecified atom stereocenters. The van der Waals surface area contributed by atoms with E-state index in [9.17, 15) is 4.79 Å². The van der Waals surface area contributed by atoms with Crippen molar-refractivity contribution in [3.05, 3.63) is 11.6 Å². The SMILES string of the molecule is CCCC=C(C)C(=O)O.O=[S-](=O)O.[K+]. The summed E-state index contributed by atoms with van der Waals surface area (Å²) in [6.07, 6.45) is 3.60. The summed E-state index contributed by atoms with van der Waals surface area (Å²) < 4.78 is 24.1. The van der Waals surface area contributed by atoms with Gasteiger partial charge in [0.2, 0.25) is 0 Å². The van der Waals surface area contributed by atoms with Crippen LogP contribution in [0, 0.1) is 0 Å². The van der Waals surface area contributed by atoms with Crippen LogP contribution < -0.4 is 51.4 Å². The first-order valence-electron chi connectivity index (χ1n) is 3.60. The molecule has 14 heavy (non-hydrogen) atoms. The van der Waals surface area contributed by atoms with Gasteiger partial charge in [-0.3, -0.25) is 0 Å². The van der Waals surface area contributed by atoms with E-state index in [0.717, 1.165) is 12.8 Å². The molecule has 0 radical (unpaired) electrons. The third-order valence-electron chi connectivity index (χ3n) is 1.08. The molecule has 0 atom stereocenters. The van der Waals surface area contributed by atoms with Crippen molar-refractivity contribution in [1.29, 1.82) is 0 Å². The largest absolute Gasteiger partial charge is 1.00 e. The van der Waals surface area contributed by atoms with Gasteiger partial charge >= 0.3 is 57.4 Å². The maximum absolute atomic E-state index is 10.1. The molecule has 7 heteroatoms. The molecule has 0 saturated heterocycles. The topological polar surface area (TPSA) is 91.7 Å². The van der Waals surface area contributed by atoms with E-state index in [2.05, 4.69) is 0 Å². The van der Waals surface area contributed by atoms with Gasteiger partial charge in [-0.05, 0) is 13.3 Å². The number of carbonyl (C=O) groups is 1. The van der Waals surface area contributed by atoms with E-state index in [1.807, 2.05) is 6.92 Å². The summed E-state index contributed by atoms with van der Waals surface area (Å²) in [5.41, 5.74) is 0.442. The molecule has 0 rings (SSSR count). The second-order valence-corrected chi connectivity index (χ2v) is 2.63. The van der Waals surface area contributed by atoms with Crippen molar-refractivity contribution in [2.75, 3.05) is 0 Å². The Morgan fingerprint density at radius 1 is 1.43 bits per heavy atom. The standard InChI is InChI=1S/C7H12O2.K.HO3S/c1-3-4-5-6(2)7(8)9;;1-4(2)3/h5H,3-4H2,1-2H3,(H,8,9);;(H,1,2,3)/q;+1;-1. The third kappa shape index (κ3) is 23.0. The number of aliphatic carboxylic acids is 1. The van der Waals surface area contributed by atoms with E-state index >= 15 is 0 Å². The van der Waals surface area contributed by atoms with Gasteiger partial charge in [-0.2, -0.15) is 0 Å². The molecule has 2 N–H and O–H groups in total. The summed E-state index contributed by atoms with van der Waals surface area (Å²) in [5.74, 6) is -0.816. The second kappa shape index (κ2) is 13.8. The molecule has 0 amide bonds. The second-order valence-electron chi connectivity index (χ2n) is 2.20. The van der Waals surface area contributed by atoms with Crippen LogP contribution in [-0.4, -0.2) is 15.6 Å². The number of carboxylic acid groups (broad SMARTS) is 1. The van der Waals surface area contributed by atoms with Crippen LogP contribution in [0.25, 0.3) is 0 Å². The minimum atomic E-state index is -2.86. The molecule has 0 bridgehead atoms. The molecule has 0 saturated carbocycles. The summed E-state index contributed by atoms with van der Waals surface area (Å²) in [4.78, 5) is 10.1. The Kier molecular flexibility index (Phi) is 19.9. The summed E-state index contributed by atoms with van der Waals surface area (Å²) in [6, 6.07) is 0. The van der Waals surface area contributed by atoms with E-state index in [0.29, 0.717) is 5.57 Å². The van der Waals surface area contributed by atoms with Gasteiger partial charge in [-0.25, -0.2) is 4.79 Å². The fraction of sp³-hybridized carbons (Fsp3) is 0.571. The average molecular weight is 248 g/mol. The molecular weight excluding hydrogens is 235 g/mol. The molecular formula is C7H13KO5S. The van der Waals surface area contributed by atoms with Crippen LogP contribution in [-0.2, 0) is 24.2 Å². The fourth-order valence-corrected chi connectivity index (χ4v) is 0.448. The summed E-state index contributed by atoms with van der Waals surface area (Å²) in [6.45, 7) is 3.63. The number of hydrogen-bond donors (Lipinski definition) is 2. The van der Waals surface area contributed by atoms with Crippen molar-refractivity contribution in [2.45, 2.75) is 26.7 Å². The molecule has 0 aromatic rings. The molecule has 0 spiro atoms. The Balaban J connectivity index is -0.000000209. The van der Waals surface area contributed by atoms with E-state index in [-0.39, 0.29) is 51.4 Å². The Hall–Kier alpha value is 0.756. The van der Waals surface area contributed by atoms with Crippen LogP contribution in [0.4, 0.5) is 0 Å². The summed E-state index contributed by atoms with van der Waals surface area (Å²) in [7, 11) is -2.86. The Labute approximate surface area is 128 Å². The van der Waals surface area contributed by atoms with E-state index < -0.39 is 17.0 Å². The van der Waals surface area contributed by atoms with Crippen LogP contribution in [0.2, 0.25) is 0 Å². The van der Waals surface area contributed by atoms with Crippen LogP contribution in [0.5, 0.6) is 0 Å². The zero-order valence-electron chi connectivity index (χ0n) is 8.52. The van der Waals surface area contributed by atoms with Crippen LogP contribution in [0.1, 0.15) is 26.7 Å². The number of carboxylic acids is 1. The van der Waals surface area contributed by atoms with E-state index in [4.69, 9.17) is 18.1 Å². The van der Waals surface area contributed by atoms with E-state index in [1.165, 1.54) is 0 Å². The van der Waals surface area contributed by atoms with Crippen molar-refractivity contribution < 1.29 is 74.3 Å². The number of rotatable bonds is 3. The van der Waals surface area contributed by atoms with Crippen LogP contribution in [0.3, 0.4) is 0 Å². The van der Waals surface area contributed by atoms with Gasteiger partial charge < -0.3 is 18.1 Å². The first kappa shape index (κ1) is 20.2. The van der Waals surface area contributed by atoms with Crippen molar-refractivity contribution in [3.8, 4) is 0 Å². The van der Waals surface area contributed by atoms with Gasteiger partial charge in [-0.1, -0.05) is 19.4 Å². The average Bonchev–Trinajstić information content (AvgIpc) is 1.98. The number of allylic oxidation sites excluding steroid dienone is 1. The van der Waals surface area contributed by atoms with Gasteiger partial charge in [-0.15, -0.1) is 0 Å². The monoisotopic (exact) mass is 248 g/mol. The quantitative estimate of drug-likeness (QED) is 0.210. The molecule has 78 valence electrons. The van der Waals surface area contributed by atoms with Crippen molar-refractivity contribution >= 4 is 17.0 Å². The minimum absolute atomic E-state index is 0. The first-order valence-corrected chi connectivity index (χ1v) is 4.63. The maximum atomic E-state index is 10.1. The van der Waals surface area contributed by atoms with Crippen molar-refractivity contribution in [3.63, 3.8) is 0 Å². The van der Waals surface area contributed by atoms with E-state index in [1.54, 1.807) is 13.0 Å². The van der Waals surface area contributed by atoms with Gasteiger partial charge in [0, 0.05) is 16.6 Å². The molecule has 0 fully saturated rings. The molecule has 0 aliphatic rings. The predicted octanol–water partition coefficient (Wildman–Crippen LogP) is -1.41. The van der Waals surface area contributed by atoms with Gasteiger partial charge in [0.05, 0.1) is 0 Å². The summed E-state index contributed by atoms with van der Waals surface area (Å²) in [5, 5.41) is 8.34. The fourth-order valence-electron chi connectivity index (χ4n) is 0.448.